The quantitative estimate of drug-likeness (QED) is 0.101. The van der Waals surface area contributed by atoms with Gasteiger partial charge in [0.05, 0.1) is 0 Å². The molecule has 0 atom stereocenters. The molecule has 1 aromatic heterocycles. The summed E-state index contributed by atoms with van der Waals surface area (Å²) in [5.41, 5.74) is 14.5. The molecule has 60 heavy (non-hydrogen) atoms. The van der Waals surface area contributed by atoms with Gasteiger partial charge in [-0.1, -0.05) is 220 Å². The Bertz CT molecular complexity index is 3110. The monoisotopic (exact) mass is 784 g/mol. The molecule has 0 N–H and O–H groups in total. The molecule has 0 aliphatic carbocycles. The van der Waals surface area contributed by atoms with E-state index in [1.165, 1.54) is 98.1 Å². The average molecular weight is 785 g/mol. The predicted octanol–water partition coefficient (Wildman–Crippen LogP) is 17.4. The third kappa shape index (κ3) is 7.92. The fraction of sp³-hybridized carbons (Fsp3) is 0.0169. The second-order valence-electron chi connectivity index (χ2n) is 14.9. The highest BCUT2D eigenvalue weighted by atomic mass is 32.1. The maximum absolute atomic E-state index is 2.42. The third-order valence-electron chi connectivity index (χ3n) is 11.1. The zero-order valence-electron chi connectivity index (χ0n) is 32.5. The smallest absolute Gasteiger partial charge is 0.0349 e. The van der Waals surface area contributed by atoms with Gasteiger partial charge in [0.15, 0.2) is 0 Å². The molecule has 0 unspecified atom stereocenters. The van der Waals surface area contributed by atoms with E-state index < -0.39 is 0 Å². The highest BCUT2D eigenvalue weighted by Crippen LogP contribution is 2.45. The van der Waals surface area contributed by atoms with Crippen molar-refractivity contribution in [3.05, 3.63) is 241 Å². The molecule has 286 valence electrons. The van der Waals surface area contributed by atoms with Gasteiger partial charge in [-0.05, 0) is 119 Å². The standard InChI is InChI=1S/C58H40S.CH4/c1-4-14-41(15-5-1)26-28-43-18-12-22-49(38-43)57-51-24-10-11-25-52(51)58(50-23-13-19-44(39-50)29-27-42-16-6-2-7-17-42)54-40-48(34-35-53(54)57)45-30-32-47(33-31-45)56-37-36-55(59-56)46-20-8-3-9-21-46;/h1-40H;1H4/b28-26+,29-27+;. The number of fused-ring (bicyclic) bond motifs is 2. The molecule has 0 nitrogen and oxygen atoms in total. The van der Waals surface area contributed by atoms with Crippen molar-refractivity contribution in [3.8, 4) is 54.3 Å². The van der Waals surface area contributed by atoms with E-state index in [4.69, 9.17) is 0 Å². The Morgan fingerprint density at radius 1 is 0.250 bits per heavy atom. The van der Waals surface area contributed by atoms with Crippen LogP contribution in [-0.2, 0) is 0 Å². The molecule has 0 aliphatic rings. The van der Waals surface area contributed by atoms with E-state index in [2.05, 4.69) is 243 Å². The van der Waals surface area contributed by atoms with Gasteiger partial charge in [0.25, 0.3) is 0 Å². The molecule has 0 bridgehead atoms. The summed E-state index contributed by atoms with van der Waals surface area (Å²) in [4.78, 5) is 2.56. The minimum absolute atomic E-state index is 0. The van der Waals surface area contributed by atoms with Crippen LogP contribution in [0.15, 0.2) is 218 Å². The highest BCUT2D eigenvalue weighted by molar-refractivity contribution is 7.18. The van der Waals surface area contributed by atoms with Crippen LogP contribution in [0.4, 0.5) is 0 Å². The second-order valence-corrected chi connectivity index (χ2v) is 16.0. The van der Waals surface area contributed by atoms with Gasteiger partial charge < -0.3 is 0 Å². The number of hydrogen-bond donors (Lipinski definition) is 0. The fourth-order valence-corrected chi connectivity index (χ4v) is 9.18. The molecular formula is C59H44S. The lowest BCUT2D eigenvalue weighted by atomic mass is 9.84. The third-order valence-corrected chi connectivity index (χ3v) is 12.3. The van der Waals surface area contributed by atoms with Crippen LogP contribution in [0.25, 0.3) is 100 Å². The minimum atomic E-state index is 0. The summed E-state index contributed by atoms with van der Waals surface area (Å²) in [6.07, 6.45) is 8.82. The Kier molecular flexibility index (Phi) is 11.0. The summed E-state index contributed by atoms with van der Waals surface area (Å²) in [5.74, 6) is 0. The van der Waals surface area contributed by atoms with Crippen LogP contribution in [0.3, 0.4) is 0 Å². The van der Waals surface area contributed by atoms with E-state index in [1.807, 2.05) is 11.3 Å². The Morgan fingerprint density at radius 3 is 1.18 bits per heavy atom. The van der Waals surface area contributed by atoms with Gasteiger partial charge >= 0.3 is 0 Å². The molecular weight excluding hydrogens is 741 g/mol. The lowest BCUT2D eigenvalue weighted by Crippen LogP contribution is -1.92. The lowest BCUT2D eigenvalue weighted by Gasteiger charge is -2.19. The highest BCUT2D eigenvalue weighted by Gasteiger charge is 2.18. The van der Waals surface area contributed by atoms with Crippen LogP contribution in [-0.4, -0.2) is 0 Å². The van der Waals surface area contributed by atoms with Crippen molar-refractivity contribution in [2.24, 2.45) is 0 Å². The summed E-state index contributed by atoms with van der Waals surface area (Å²) < 4.78 is 0. The first-order chi connectivity index (χ1) is 29.2. The molecule has 0 amide bonds. The first-order valence-corrected chi connectivity index (χ1v) is 21.0. The van der Waals surface area contributed by atoms with Crippen molar-refractivity contribution in [2.45, 2.75) is 7.43 Å². The van der Waals surface area contributed by atoms with Gasteiger partial charge in [-0.25, -0.2) is 0 Å². The van der Waals surface area contributed by atoms with Gasteiger partial charge in [-0.2, -0.15) is 0 Å². The molecule has 0 radical (unpaired) electrons. The first kappa shape index (κ1) is 38.2. The Hall–Kier alpha value is -7.32. The number of benzene rings is 9. The normalized spacial score (nSPS) is 11.4. The summed E-state index contributed by atoms with van der Waals surface area (Å²) in [6.45, 7) is 0. The van der Waals surface area contributed by atoms with Crippen LogP contribution >= 0.6 is 11.3 Å². The van der Waals surface area contributed by atoms with Gasteiger partial charge in [0.1, 0.15) is 0 Å². The van der Waals surface area contributed by atoms with Crippen molar-refractivity contribution in [1.29, 1.82) is 0 Å². The molecule has 9 aromatic carbocycles. The molecule has 0 fully saturated rings. The van der Waals surface area contributed by atoms with Gasteiger partial charge in [-0.15, -0.1) is 11.3 Å². The Morgan fingerprint density at radius 2 is 0.633 bits per heavy atom. The van der Waals surface area contributed by atoms with Crippen LogP contribution in [0, 0.1) is 0 Å². The molecule has 10 aromatic rings. The van der Waals surface area contributed by atoms with Gasteiger partial charge in [-0.3, -0.25) is 0 Å². The lowest BCUT2D eigenvalue weighted by molar-refractivity contribution is 1.61. The molecule has 0 saturated carbocycles. The summed E-state index contributed by atoms with van der Waals surface area (Å²) >= 11 is 1.84. The van der Waals surface area contributed by atoms with Crippen molar-refractivity contribution >= 4 is 57.2 Å². The molecule has 0 spiro atoms. The van der Waals surface area contributed by atoms with Crippen LogP contribution < -0.4 is 0 Å². The topological polar surface area (TPSA) is 0 Å². The van der Waals surface area contributed by atoms with Crippen LogP contribution in [0.1, 0.15) is 29.7 Å². The van der Waals surface area contributed by atoms with E-state index >= 15 is 0 Å². The second kappa shape index (κ2) is 17.3. The van der Waals surface area contributed by atoms with E-state index in [1.54, 1.807) is 0 Å². The zero-order valence-corrected chi connectivity index (χ0v) is 33.3. The molecule has 0 saturated heterocycles. The zero-order chi connectivity index (χ0) is 39.4. The molecule has 10 rings (SSSR count). The van der Waals surface area contributed by atoms with Crippen molar-refractivity contribution < 1.29 is 0 Å². The number of rotatable bonds is 9. The van der Waals surface area contributed by atoms with Crippen LogP contribution in [0.5, 0.6) is 0 Å². The number of thiophene rings is 1. The Labute approximate surface area is 357 Å². The van der Waals surface area contributed by atoms with E-state index in [0.717, 1.165) is 0 Å². The molecule has 1 heteroatoms. The van der Waals surface area contributed by atoms with E-state index in [9.17, 15) is 0 Å². The summed E-state index contributed by atoms with van der Waals surface area (Å²) in [5, 5.41) is 4.96. The Balaban J connectivity index is 0.00000462. The number of hydrogen-bond acceptors (Lipinski definition) is 1. The maximum Gasteiger partial charge on any atom is 0.0349 e. The fourth-order valence-electron chi connectivity index (χ4n) is 8.17. The largest absolute Gasteiger partial charge is 0.135 e. The van der Waals surface area contributed by atoms with Crippen LogP contribution in [0.2, 0.25) is 0 Å². The van der Waals surface area contributed by atoms with Crippen molar-refractivity contribution in [1.82, 2.24) is 0 Å². The van der Waals surface area contributed by atoms with Crippen molar-refractivity contribution in [3.63, 3.8) is 0 Å². The average Bonchev–Trinajstić information content (AvgIpc) is 3.81. The molecule has 1 heterocycles. The minimum Gasteiger partial charge on any atom is -0.135 e. The maximum atomic E-state index is 2.42. The van der Waals surface area contributed by atoms with E-state index in [0.29, 0.717) is 0 Å². The van der Waals surface area contributed by atoms with Gasteiger partial charge in [0.2, 0.25) is 0 Å². The van der Waals surface area contributed by atoms with Gasteiger partial charge in [0, 0.05) is 9.75 Å². The van der Waals surface area contributed by atoms with Crippen molar-refractivity contribution in [2.75, 3.05) is 0 Å². The SMILES string of the molecule is C.C(=C\c1cccc(-c2c3ccccc3c(-c3cccc(/C=C/c4ccccc4)c3)c3cc(-c4ccc(-c5ccc(-c6ccccc6)s5)cc4)ccc23)c1)/c1ccccc1. The summed E-state index contributed by atoms with van der Waals surface area (Å²) in [7, 11) is 0. The van der Waals surface area contributed by atoms with E-state index in [-0.39, 0.29) is 7.43 Å². The summed E-state index contributed by atoms with van der Waals surface area (Å²) in [6, 6.07) is 79.2. The first-order valence-electron chi connectivity index (χ1n) is 20.2. The predicted molar refractivity (Wildman–Crippen MR) is 264 cm³/mol. The molecule has 0 aliphatic heterocycles.